The van der Waals surface area contributed by atoms with E-state index < -0.39 is 17.8 Å². The fourth-order valence-electron chi connectivity index (χ4n) is 4.36. The number of carbonyl (C=O) groups excluding carboxylic acids is 2. The molecule has 0 fully saturated rings. The maximum atomic E-state index is 13.5. The number of allylic oxidation sites excluding steroid dienone is 1. The largest absolute Gasteiger partial charge is 0.464 e. The summed E-state index contributed by atoms with van der Waals surface area (Å²) in [5, 5.41) is 12.4. The van der Waals surface area contributed by atoms with Crippen molar-refractivity contribution >= 4 is 29.2 Å². The average Bonchev–Trinajstić information content (AvgIpc) is 2.86. The van der Waals surface area contributed by atoms with Crippen molar-refractivity contribution in [3.05, 3.63) is 82.0 Å². The highest BCUT2D eigenvalue weighted by Gasteiger charge is 2.42. The molecular formula is C28H30ClN3O3. The molecule has 35 heavy (non-hydrogen) atoms. The van der Waals surface area contributed by atoms with E-state index in [2.05, 4.69) is 22.4 Å². The van der Waals surface area contributed by atoms with Crippen molar-refractivity contribution in [1.82, 2.24) is 5.32 Å². The van der Waals surface area contributed by atoms with Crippen LogP contribution >= 0.6 is 11.6 Å². The number of esters is 1. The van der Waals surface area contributed by atoms with Crippen LogP contribution in [0.4, 0.5) is 0 Å². The minimum atomic E-state index is -0.785. The van der Waals surface area contributed by atoms with Gasteiger partial charge in [-0.2, -0.15) is 5.26 Å². The van der Waals surface area contributed by atoms with Gasteiger partial charge >= 0.3 is 5.97 Å². The van der Waals surface area contributed by atoms with Crippen molar-refractivity contribution in [2.24, 2.45) is 10.9 Å². The molecule has 0 bridgehead atoms. The van der Waals surface area contributed by atoms with Gasteiger partial charge in [0.05, 0.1) is 12.5 Å². The fraction of sp³-hybridized carbons (Fsp3) is 0.357. The summed E-state index contributed by atoms with van der Waals surface area (Å²) in [6, 6.07) is 19.3. The zero-order valence-electron chi connectivity index (χ0n) is 20.1. The minimum Gasteiger partial charge on any atom is -0.464 e. The van der Waals surface area contributed by atoms with Crippen molar-refractivity contribution in [3.63, 3.8) is 0 Å². The molecule has 2 atom stereocenters. The van der Waals surface area contributed by atoms with Crippen LogP contribution < -0.4 is 5.32 Å². The molecule has 1 aliphatic heterocycles. The lowest BCUT2D eigenvalue weighted by molar-refractivity contribution is -0.146. The second-order valence-corrected chi connectivity index (χ2v) is 8.83. The number of carbonyl (C=O) groups is 2. The van der Waals surface area contributed by atoms with Crippen LogP contribution in [-0.2, 0) is 20.7 Å². The number of ether oxygens (including phenoxy) is 1. The molecular weight excluding hydrogens is 462 g/mol. The van der Waals surface area contributed by atoms with Crippen LogP contribution in [0.1, 0.15) is 50.2 Å². The topological polar surface area (TPSA) is 91.5 Å². The van der Waals surface area contributed by atoms with E-state index in [1.54, 1.807) is 25.1 Å². The minimum absolute atomic E-state index is 0.00720. The Morgan fingerprint density at radius 2 is 1.94 bits per heavy atom. The summed E-state index contributed by atoms with van der Waals surface area (Å²) >= 11 is 6.29. The lowest BCUT2D eigenvalue weighted by Crippen LogP contribution is -2.39. The Labute approximate surface area is 211 Å². The SMILES string of the molecule is CCC1=C(C(=O)NCCCc2ccccc2)C(c2cccc(Cl)c2)C(C(=O)OCCC#N)C(C)=N1. The van der Waals surface area contributed by atoms with Crippen molar-refractivity contribution in [2.75, 3.05) is 13.2 Å². The average molecular weight is 492 g/mol. The summed E-state index contributed by atoms with van der Waals surface area (Å²) in [5.41, 5.74) is 3.64. The van der Waals surface area contributed by atoms with Crippen LogP contribution in [0, 0.1) is 17.2 Å². The normalized spacial score (nSPS) is 17.4. The summed E-state index contributed by atoms with van der Waals surface area (Å²) in [6.45, 7) is 4.20. The van der Waals surface area contributed by atoms with Crippen molar-refractivity contribution < 1.29 is 14.3 Å². The molecule has 0 aromatic heterocycles. The first-order valence-corrected chi connectivity index (χ1v) is 12.2. The van der Waals surface area contributed by atoms with Gasteiger partial charge in [-0.3, -0.25) is 14.6 Å². The summed E-state index contributed by atoms with van der Waals surface area (Å²) in [5.74, 6) is -2.13. The van der Waals surface area contributed by atoms with Crippen LogP contribution in [-0.4, -0.2) is 30.7 Å². The van der Waals surface area contributed by atoms with Gasteiger partial charge in [-0.15, -0.1) is 0 Å². The number of nitrogens with one attached hydrogen (secondary N) is 1. The number of rotatable bonds is 10. The summed E-state index contributed by atoms with van der Waals surface area (Å²) in [6.07, 6.45) is 2.27. The number of aryl methyl sites for hydroxylation is 1. The van der Waals surface area contributed by atoms with E-state index in [-0.39, 0.29) is 18.9 Å². The molecule has 0 aliphatic carbocycles. The van der Waals surface area contributed by atoms with Gasteiger partial charge in [0.2, 0.25) is 5.91 Å². The molecule has 1 N–H and O–H groups in total. The molecule has 182 valence electrons. The van der Waals surface area contributed by atoms with Gasteiger partial charge in [0.1, 0.15) is 12.5 Å². The number of aliphatic imine (C=N–C) groups is 1. The lowest BCUT2D eigenvalue weighted by Gasteiger charge is -2.32. The third-order valence-corrected chi connectivity index (χ3v) is 6.22. The van der Waals surface area contributed by atoms with Crippen molar-refractivity contribution in [2.45, 2.75) is 45.4 Å². The van der Waals surface area contributed by atoms with Gasteiger partial charge in [-0.1, -0.05) is 61.0 Å². The first-order valence-electron chi connectivity index (χ1n) is 11.9. The van der Waals surface area contributed by atoms with E-state index in [0.717, 1.165) is 18.4 Å². The highest BCUT2D eigenvalue weighted by molar-refractivity contribution is 6.30. The Morgan fingerprint density at radius 1 is 1.17 bits per heavy atom. The van der Waals surface area contributed by atoms with E-state index >= 15 is 0 Å². The van der Waals surface area contributed by atoms with E-state index in [1.165, 1.54) is 5.56 Å². The van der Waals surface area contributed by atoms with Crippen molar-refractivity contribution in [1.29, 1.82) is 5.26 Å². The van der Waals surface area contributed by atoms with Crippen LogP contribution in [0.2, 0.25) is 5.02 Å². The van der Waals surface area contributed by atoms with Crippen LogP contribution in [0.3, 0.4) is 0 Å². The van der Waals surface area contributed by atoms with Crippen LogP contribution in [0.15, 0.2) is 70.9 Å². The van der Waals surface area contributed by atoms with Gasteiger partial charge < -0.3 is 10.1 Å². The zero-order chi connectivity index (χ0) is 25.2. The van der Waals surface area contributed by atoms with Gasteiger partial charge in [0.15, 0.2) is 0 Å². The number of hydrogen-bond donors (Lipinski definition) is 1. The van der Waals surface area contributed by atoms with Gasteiger partial charge in [0, 0.05) is 34.5 Å². The van der Waals surface area contributed by atoms with Gasteiger partial charge in [-0.25, -0.2) is 0 Å². The molecule has 2 unspecified atom stereocenters. The molecule has 1 heterocycles. The molecule has 0 radical (unpaired) electrons. The highest BCUT2D eigenvalue weighted by Crippen LogP contribution is 2.41. The number of nitriles is 1. The second kappa shape index (κ2) is 12.9. The number of halogens is 1. The molecule has 0 spiro atoms. The van der Waals surface area contributed by atoms with E-state index in [4.69, 9.17) is 21.6 Å². The monoisotopic (exact) mass is 491 g/mol. The lowest BCUT2D eigenvalue weighted by atomic mass is 9.75. The predicted octanol–water partition coefficient (Wildman–Crippen LogP) is 5.38. The highest BCUT2D eigenvalue weighted by atomic mass is 35.5. The standard InChI is InChI=1S/C28H30ClN3O3/c1-3-23-26(27(33)31-16-8-12-20-10-5-4-6-11-20)25(21-13-7-14-22(29)18-21)24(19(2)32-23)28(34)35-17-9-15-30/h4-7,10-11,13-14,18,24-25H,3,8-9,12,16-17H2,1-2H3,(H,31,33). The maximum Gasteiger partial charge on any atom is 0.315 e. The maximum absolute atomic E-state index is 13.5. The molecule has 0 saturated heterocycles. The van der Waals surface area contributed by atoms with E-state index in [1.807, 2.05) is 37.3 Å². The Hall–Kier alpha value is -3.43. The van der Waals surface area contributed by atoms with E-state index in [9.17, 15) is 9.59 Å². The first-order chi connectivity index (χ1) is 17.0. The van der Waals surface area contributed by atoms with E-state index in [0.29, 0.717) is 35.0 Å². The molecule has 1 aliphatic rings. The summed E-state index contributed by atoms with van der Waals surface area (Å²) in [4.78, 5) is 31.3. The molecule has 6 nitrogen and oxygen atoms in total. The molecule has 0 saturated carbocycles. The third-order valence-electron chi connectivity index (χ3n) is 5.99. The molecule has 7 heteroatoms. The van der Waals surface area contributed by atoms with Crippen LogP contribution in [0.5, 0.6) is 0 Å². The first kappa shape index (κ1) is 26.2. The zero-order valence-corrected chi connectivity index (χ0v) is 20.8. The third kappa shape index (κ3) is 6.80. The Balaban J connectivity index is 1.89. The van der Waals surface area contributed by atoms with Crippen molar-refractivity contribution in [3.8, 4) is 6.07 Å². The molecule has 3 rings (SSSR count). The second-order valence-electron chi connectivity index (χ2n) is 8.40. The van der Waals surface area contributed by atoms with Gasteiger partial charge in [-0.05, 0) is 49.4 Å². The molecule has 2 aromatic rings. The fourth-order valence-corrected chi connectivity index (χ4v) is 4.56. The molecule has 1 amide bonds. The number of hydrogen-bond acceptors (Lipinski definition) is 5. The number of benzene rings is 2. The summed E-state index contributed by atoms with van der Waals surface area (Å²) in [7, 11) is 0. The Kier molecular flexibility index (Phi) is 9.63. The number of amides is 1. The van der Waals surface area contributed by atoms with Crippen LogP contribution in [0.25, 0.3) is 0 Å². The smallest absolute Gasteiger partial charge is 0.315 e. The summed E-state index contributed by atoms with van der Waals surface area (Å²) < 4.78 is 5.39. The number of nitrogens with zero attached hydrogens (tertiary/aromatic N) is 2. The van der Waals surface area contributed by atoms with Gasteiger partial charge in [0.25, 0.3) is 0 Å². The molecule has 2 aromatic carbocycles. The quantitative estimate of drug-likeness (QED) is 0.356. The Bertz CT molecular complexity index is 1150. The predicted molar refractivity (Wildman–Crippen MR) is 137 cm³/mol. The Morgan fingerprint density at radius 3 is 2.63 bits per heavy atom.